The fourth-order valence-corrected chi connectivity index (χ4v) is 14.1. The van der Waals surface area contributed by atoms with Gasteiger partial charge in [0.15, 0.2) is 0 Å². The molecular formula is C48H52P2. The van der Waals surface area contributed by atoms with E-state index in [4.69, 9.17) is 0 Å². The van der Waals surface area contributed by atoms with Crippen molar-refractivity contribution in [1.29, 1.82) is 0 Å². The van der Waals surface area contributed by atoms with Crippen LogP contribution < -0.4 is 31.8 Å². The van der Waals surface area contributed by atoms with Gasteiger partial charge in [-0.25, -0.2) is 0 Å². The van der Waals surface area contributed by atoms with E-state index in [0.717, 1.165) is 0 Å². The molecule has 0 saturated heterocycles. The maximum atomic E-state index is 2.52. The first-order valence-corrected chi connectivity index (χ1v) is 20.5. The fraction of sp³-hybridized carbons (Fsp3) is 0.250. The molecule has 0 atom stereocenters. The van der Waals surface area contributed by atoms with Gasteiger partial charge in [-0.15, -0.1) is 0 Å². The maximum absolute atomic E-state index is 2.52. The van der Waals surface area contributed by atoms with Gasteiger partial charge >= 0.3 is 0 Å². The molecule has 0 N–H and O–H groups in total. The Bertz CT molecular complexity index is 1910. The normalized spacial score (nSPS) is 11.6. The highest BCUT2D eigenvalue weighted by Crippen LogP contribution is 2.44. The molecule has 0 saturated carbocycles. The Balaban J connectivity index is 1.76. The number of rotatable bonds is 7. The van der Waals surface area contributed by atoms with Gasteiger partial charge in [-0.05, 0) is 153 Å². The lowest BCUT2D eigenvalue weighted by Crippen LogP contribution is -2.28. The average molecular weight is 691 g/mol. The molecule has 0 heterocycles. The molecule has 50 heavy (non-hydrogen) atoms. The Morgan fingerprint density at radius 1 is 0.240 bits per heavy atom. The fourth-order valence-electron chi connectivity index (χ4n) is 8.07. The second-order valence-corrected chi connectivity index (χ2v) is 19.4. The van der Waals surface area contributed by atoms with Crippen molar-refractivity contribution in [2.24, 2.45) is 0 Å². The van der Waals surface area contributed by atoms with Crippen LogP contribution in [-0.4, -0.2) is 0 Å². The molecule has 0 amide bonds. The first-order valence-electron chi connectivity index (χ1n) is 17.8. The zero-order valence-corrected chi connectivity index (χ0v) is 33.9. The summed E-state index contributed by atoms with van der Waals surface area (Å²) in [5, 5.41) is 8.60. The average Bonchev–Trinajstić information content (AvgIpc) is 2.96. The van der Waals surface area contributed by atoms with Gasteiger partial charge in [0.25, 0.3) is 0 Å². The monoisotopic (exact) mass is 690 g/mol. The predicted molar refractivity (Wildman–Crippen MR) is 226 cm³/mol. The van der Waals surface area contributed by atoms with Gasteiger partial charge in [0.2, 0.25) is 0 Å². The molecule has 6 aromatic rings. The molecule has 0 aliphatic rings. The van der Waals surface area contributed by atoms with E-state index < -0.39 is 15.8 Å². The molecule has 6 aromatic carbocycles. The maximum Gasteiger partial charge on any atom is -0.00615 e. The minimum atomic E-state index is -0.861. The van der Waals surface area contributed by atoms with Gasteiger partial charge in [-0.2, -0.15) is 0 Å². The molecule has 0 bridgehead atoms. The lowest BCUT2D eigenvalue weighted by Gasteiger charge is -2.30. The molecule has 0 aromatic heterocycles. The summed E-state index contributed by atoms with van der Waals surface area (Å²) in [6.45, 7) is 27.2. The Hall–Kier alpha value is -3.82. The van der Waals surface area contributed by atoms with Crippen LogP contribution in [0.3, 0.4) is 0 Å². The van der Waals surface area contributed by atoms with Gasteiger partial charge in [-0.1, -0.05) is 153 Å². The lowest BCUT2D eigenvalue weighted by atomic mass is 9.94. The Morgan fingerprint density at radius 2 is 0.440 bits per heavy atom. The first kappa shape index (κ1) is 36.0. The summed E-state index contributed by atoms with van der Waals surface area (Å²) in [5.74, 6) is 0. The SMILES string of the molecule is Cc1cc(C)cc(P(c2cc(C)cc(C)c2)c2cc(C)cc(C)c2-c2c(C)cc(C)cc2P(c2cc(C)cc(C)c2)c2cc(C)cc(C)c2)c1. The second-order valence-electron chi connectivity index (χ2n) is 15.0. The molecule has 6 rings (SSSR count). The number of benzene rings is 6. The molecule has 0 radical (unpaired) electrons. The van der Waals surface area contributed by atoms with Crippen LogP contribution in [0, 0.1) is 83.1 Å². The minimum Gasteiger partial charge on any atom is -0.0563 e. The third-order valence-corrected chi connectivity index (χ3v) is 14.3. The van der Waals surface area contributed by atoms with E-state index in [-0.39, 0.29) is 0 Å². The zero-order chi connectivity index (χ0) is 36.0. The summed E-state index contributed by atoms with van der Waals surface area (Å²) in [6.07, 6.45) is 0. The Morgan fingerprint density at radius 3 is 0.660 bits per heavy atom. The number of hydrogen-bond acceptors (Lipinski definition) is 0. The highest BCUT2D eigenvalue weighted by molar-refractivity contribution is 7.80. The topological polar surface area (TPSA) is 0 Å². The van der Waals surface area contributed by atoms with Crippen molar-refractivity contribution in [3.63, 3.8) is 0 Å². The van der Waals surface area contributed by atoms with Gasteiger partial charge in [0.1, 0.15) is 0 Å². The lowest BCUT2D eigenvalue weighted by molar-refractivity contribution is 1.36. The van der Waals surface area contributed by atoms with Gasteiger partial charge in [0, 0.05) is 0 Å². The van der Waals surface area contributed by atoms with Gasteiger partial charge < -0.3 is 0 Å². The summed E-state index contributed by atoms with van der Waals surface area (Å²) in [5.41, 5.74) is 18.7. The van der Waals surface area contributed by atoms with Crippen LogP contribution in [0.25, 0.3) is 11.1 Å². The van der Waals surface area contributed by atoms with Crippen molar-refractivity contribution in [2.75, 3.05) is 0 Å². The molecule has 0 nitrogen and oxygen atoms in total. The van der Waals surface area contributed by atoms with Crippen LogP contribution in [0.5, 0.6) is 0 Å². The molecular weight excluding hydrogens is 638 g/mol. The molecule has 0 unspecified atom stereocenters. The summed E-state index contributed by atoms with van der Waals surface area (Å²) < 4.78 is 0. The van der Waals surface area contributed by atoms with Crippen LogP contribution >= 0.6 is 15.8 Å². The largest absolute Gasteiger partial charge is 0.0563 e. The first-order chi connectivity index (χ1) is 23.7. The van der Waals surface area contributed by atoms with Gasteiger partial charge in [0.05, 0.1) is 0 Å². The van der Waals surface area contributed by atoms with Crippen molar-refractivity contribution in [2.45, 2.75) is 83.1 Å². The standard InChI is InChI=1S/C48H52P2/c1-29-13-30(2)20-41(19-29)49(42-21-31(3)14-32(4)22-42)45-27-37(9)17-39(11)47(45)48-40(12)18-38(10)28-46(48)50(43-23-33(5)15-34(6)24-43)44-25-35(7)16-36(8)26-44/h13-28H,1-12H3. The quantitative estimate of drug-likeness (QED) is 0.146. The van der Waals surface area contributed by atoms with Crippen LogP contribution in [0.2, 0.25) is 0 Å². The zero-order valence-electron chi connectivity index (χ0n) is 32.1. The van der Waals surface area contributed by atoms with E-state index in [0.29, 0.717) is 0 Å². The van der Waals surface area contributed by atoms with E-state index in [9.17, 15) is 0 Å². The van der Waals surface area contributed by atoms with E-state index in [1.165, 1.54) is 110 Å². The smallest absolute Gasteiger partial charge is 0.00615 e. The van der Waals surface area contributed by atoms with E-state index >= 15 is 0 Å². The highest BCUT2D eigenvalue weighted by atomic mass is 31.1. The number of hydrogen-bond donors (Lipinski definition) is 0. The molecule has 0 aliphatic heterocycles. The number of aryl methyl sites for hydroxylation is 12. The van der Waals surface area contributed by atoms with Crippen molar-refractivity contribution in [3.8, 4) is 11.1 Å². The highest BCUT2D eigenvalue weighted by Gasteiger charge is 2.29. The predicted octanol–water partition coefficient (Wildman–Crippen LogP) is 10.6. The molecule has 2 heteroatoms. The van der Waals surface area contributed by atoms with Crippen molar-refractivity contribution < 1.29 is 0 Å². The summed E-state index contributed by atoms with van der Waals surface area (Å²) in [7, 11) is -1.72. The van der Waals surface area contributed by atoms with Gasteiger partial charge in [-0.3, -0.25) is 0 Å². The molecule has 0 fully saturated rings. The van der Waals surface area contributed by atoms with E-state index in [1.807, 2.05) is 0 Å². The van der Waals surface area contributed by atoms with Crippen LogP contribution in [0.4, 0.5) is 0 Å². The Labute approximate surface area is 304 Å². The van der Waals surface area contributed by atoms with Crippen molar-refractivity contribution in [3.05, 3.63) is 164 Å². The summed E-state index contributed by atoms with van der Waals surface area (Å²) >= 11 is 0. The van der Waals surface area contributed by atoms with Crippen molar-refractivity contribution >= 4 is 47.7 Å². The summed E-state index contributed by atoms with van der Waals surface area (Å²) in [4.78, 5) is 0. The Kier molecular flexibility index (Phi) is 10.4. The third kappa shape index (κ3) is 7.59. The molecule has 0 spiro atoms. The van der Waals surface area contributed by atoms with Crippen LogP contribution in [-0.2, 0) is 0 Å². The third-order valence-electron chi connectivity index (χ3n) is 9.51. The van der Waals surface area contributed by atoms with Crippen molar-refractivity contribution in [1.82, 2.24) is 0 Å². The molecule has 254 valence electrons. The molecule has 0 aliphatic carbocycles. The summed E-state index contributed by atoms with van der Waals surface area (Å²) in [6, 6.07) is 38.6. The van der Waals surface area contributed by atoms with E-state index in [1.54, 1.807) is 0 Å². The van der Waals surface area contributed by atoms with E-state index in [2.05, 4.69) is 180 Å². The minimum absolute atomic E-state index is 0.861. The van der Waals surface area contributed by atoms with Crippen LogP contribution in [0.1, 0.15) is 66.8 Å². The van der Waals surface area contributed by atoms with Crippen LogP contribution in [0.15, 0.2) is 97.1 Å². The second kappa shape index (κ2) is 14.4.